The first-order valence-corrected chi connectivity index (χ1v) is 7.99. The van der Waals surface area contributed by atoms with Crippen LogP contribution in [0, 0.1) is 6.92 Å². The monoisotopic (exact) mass is 302 g/mol. The summed E-state index contributed by atoms with van der Waals surface area (Å²) in [5.41, 5.74) is 1.98. The molecule has 0 unspecified atom stereocenters. The van der Waals surface area contributed by atoms with Gasteiger partial charge in [-0.2, -0.15) is 0 Å². The fraction of sp³-hybridized carbons (Fsp3) is 0.214. The summed E-state index contributed by atoms with van der Waals surface area (Å²) in [5, 5.41) is 7.52. The van der Waals surface area contributed by atoms with Crippen LogP contribution in [0.4, 0.5) is 0 Å². The van der Waals surface area contributed by atoms with Crippen molar-refractivity contribution in [3.05, 3.63) is 51.6 Å². The summed E-state index contributed by atoms with van der Waals surface area (Å²) >= 11 is 3.35. The van der Waals surface area contributed by atoms with E-state index >= 15 is 0 Å². The van der Waals surface area contributed by atoms with Gasteiger partial charge in [-0.05, 0) is 19.1 Å². The second kappa shape index (κ2) is 6.21. The molecule has 0 aliphatic heterocycles. The van der Waals surface area contributed by atoms with E-state index in [0.717, 1.165) is 34.5 Å². The van der Waals surface area contributed by atoms with Crippen LogP contribution in [0.25, 0.3) is 10.7 Å². The highest BCUT2D eigenvalue weighted by Crippen LogP contribution is 2.21. The van der Waals surface area contributed by atoms with Gasteiger partial charge in [0.2, 0.25) is 0 Å². The zero-order valence-electron chi connectivity index (χ0n) is 11.0. The van der Waals surface area contributed by atoms with Gasteiger partial charge in [0.1, 0.15) is 10.0 Å². The minimum Gasteiger partial charge on any atom is -0.305 e. The number of rotatable bonds is 5. The van der Waals surface area contributed by atoms with Gasteiger partial charge in [-0.1, -0.05) is 6.07 Å². The lowest BCUT2D eigenvalue weighted by Gasteiger charge is -1.99. The third kappa shape index (κ3) is 3.27. The molecule has 0 saturated heterocycles. The van der Waals surface area contributed by atoms with Crippen LogP contribution in [-0.2, 0) is 13.1 Å². The molecule has 3 aromatic rings. The molecule has 1 N–H and O–H groups in total. The Labute approximate surface area is 125 Å². The number of aromatic nitrogens is 3. The highest BCUT2D eigenvalue weighted by atomic mass is 32.1. The van der Waals surface area contributed by atoms with E-state index in [2.05, 4.69) is 32.6 Å². The summed E-state index contributed by atoms with van der Waals surface area (Å²) < 4.78 is 0. The number of pyridine rings is 1. The first-order valence-electron chi connectivity index (χ1n) is 6.29. The van der Waals surface area contributed by atoms with Crippen molar-refractivity contribution in [3.8, 4) is 10.7 Å². The van der Waals surface area contributed by atoms with E-state index in [0.29, 0.717) is 0 Å². The molecule has 0 amide bonds. The molecule has 0 spiro atoms. The van der Waals surface area contributed by atoms with Crippen LogP contribution < -0.4 is 5.32 Å². The van der Waals surface area contributed by atoms with Crippen molar-refractivity contribution < 1.29 is 0 Å². The lowest BCUT2D eigenvalue weighted by molar-refractivity contribution is 0.680. The Balaban J connectivity index is 1.58. The Hall–Kier alpha value is -1.63. The van der Waals surface area contributed by atoms with Gasteiger partial charge in [0.25, 0.3) is 0 Å². The first kappa shape index (κ1) is 13.4. The summed E-state index contributed by atoms with van der Waals surface area (Å²) in [4.78, 5) is 14.5. The molecule has 0 atom stereocenters. The van der Waals surface area contributed by atoms with Gasteiger partial charge in [0, 0.05) is 35.7 Å². The molecule has 102 valence electrons. The van der Waals surface area contributed by atoms with Gasteiger partial charge in [0.15, 0.2) is 0 Å². The average Bonchev–Trinajstić information content (AvgIpc) is 3.09. The van der Waals surface area contributed by atoms with E-state index in [9.17, 15) is 0 Å². The van der Waals surface area contributed by atoms with E-state index in [1.54, 1.807) is 28.9 Å². The molecule has 20 heavy (non-hydrogen) atoms. The maximum Gasteiger partial charge on any atom is 0.142 e. The molecule has 0 aliphatic rings. The average molecular weight is 302 g/mol. The smallest absolute Gasteiger partial charge is 0.142 e. The fourth-order valence-corrected chi connectivity index (χ4v) is 3.33. The van der Waals surface area contributed by atoms with Crippen LogP contribution >= 0.6 is 22.7 Å². The maximum absolute atomic E-state index is 4.59. The predicted octanol–water partition coefficient (Wildman–Crippen LogP) is 3.26. The highest BCUT2D eigenvalue weighted by Gasteiger charge is 2.05. The Morgan fingerprint density at radius 2 is 2.15 bits per heavy atom. The molecule has 0 bridgehead atoms. The topological polar surface area (TPSA) is 50.7 Å². The number of hydrogen-bond acceptors (Lipinski definition) is 6. The summed E-state index contributed by atoms with van der Waals surface area (Å²) in [5.74, 6) is 0. The van der Waals surface area contributed by atoms with Gasteiger partial charge in [0.05, 0.1) is 11.4 Å². The lowest BCUT2D eigenvalue weighted by Crippen LogP contribution is -2.12. The van der Waals surface area contributed by atoms with Crippen molar-refractivity contribution in [2.24, 2.45) is 0 Å². The Morgan fingerprint density at radius 3 is 2.90 bits per heavy atom. The van der Waals surface area contributed by atoms with Crippen LogP contribution in [0.3, 0.4) is 0 Å². The van der Waals surface area contributed by atoms with Crippen molar-refractivity contribution in [3.63, 3.8) is 0 Å². The predicted molar refractivity (Wildman–Crippen MR) is 82.7 cm³/mol. The minimum absolute atomic E-state index is 0.752. The van der Waals surface area contributed by atoms with Crippen molar-refractivity contribution in [1.82, 2.24) is 20.3 Å². The molecule has 0 fully saturated rings. The summed E-state index contributed by atoms with van der Waals surface area (Å²) in [6.45, 7) is 3.61. The van der Waals surface area contributed by atoms with E-state index in [-0.39, 0.29) is 0 Å². The van der Waals surface area contributed by atoms with Gasteiger partial charge >= 0.3 is 0 Å². The molecule has 3 aromatic heterocycles. The molecule has 0 radical (unpaired) electrons. The minimum atomic E-state index is 0.752. The van der Waals surface area contributed by atoms with Crippen LogP contribution in [0.2, 0.25) is 0 Å². The molecule has 3 heterocycles. The van der Waals surface area contributed by atoms with Crippen molar-refractivity contribution in [2.45, 2.75) is 20.0 Å². The van der Waals surface area contributed by atoms with Crippen molar-refractivity contribution in [2.75, 3.05) is 0 Å². The number of hydrogen-bond donors (Lipinski definition) is 1. The van der Waals surface area contributed by atoms with Crippen molar-refractivity contribution >= 4 is 22.7 Å². The Bertz CT molecular complexity index is 675. The Kier molecular flexibility index (Phi) is 4.15. The third-order valence-corrected chi connectivity index (χ3v) is 4.51. The molecule has 3 rings (SSSR count). The number of thiazole rings is 2. The number of nitrogens with zero attached hydrogens (tertiary/aromatic N) is 3. The molecule has 0 aromatic carbocycles. The zero-order chi connectivity index (χ0) is 13.8. The van der Waals surface area contributed by atoms with Crippen molar-refractivity contribution in [1.29, 1.82) is 0 Å². The van der Waals surface area contributed by atoms with Crippen LogP contribution in [0.15, 0.2) is 36.0 Å². The molecule has 0 saturated carbocycles. The third-order valence-electron chi connectivity index (χ3n) is 2.69. The lowest BCUT2D eigenvalue weighted by atomic mass is 10.3. The van der Waals surface area contributed by atoms with Crippen LogP contribution in [-0.4, -0.2) is 15.0 Å². The van der Waals surface area contributed by atoms with E-state index < -0.39 is 0 Å². The molecule has 0 aliphatic carbocycles. The summed E-state index contributed by atoms with van der Waals surface area (Å²) in [6, 6.07) is 5.87. The molecule has 4 nitrogen and oxygen atoms in total. The normalized spacial score (nSPS) is 10.8. The summed E-state index contributed by atoms with van der Waals surface area (Å²) in [6.07, 6.45) is 3.70. The van der Waals surface area contributed by atoms with E-state index in [4.69, 9.17) is 0 Å². The fourth-order valence-electron chi connectivity index (χ4n) is 1.78. The molecular weight excluding hydrogens is 288 g/mol. The highest BCUT2D eigenvalue weighted by molar-refractivity contribution is 7.13. The maximum atomic E-state index is 4.59. The second-order valence-corrected chi connectivity index (χ2v) is 6.50. The van der Waals surface area contributed by atoms with Gasteiger partial charge in [-0.25, -0.2) is 9.97 Å². The largest absolute Gasteiger partial charge is 0.305 e. The van der Waals surface area contributed by atoms with Gasteiger partial charge in [-0.3, -0.25) is 4.98 Å². The van der Waals surface area contributed by atoms with E-state index in [1.165, 1.54) is 4.88 Å². The first-order chi connectivity index (χ1) is 9.81. The number of aryl methyl sites for hydroxylation is 1. The number of nitrogens with one attached hydrogen (secondary N) is 1. The molecule has 6 heteroatoms. The summed E-state index contributed by atoms with van der Waals surface area (Å²) in [7, 11) is 0. The van der Waals surface area contributed by atoms with Crippen LogP contribution in [0.5, 0.6) is 0 Å². The van der Waals surface area contributed by atoms with Gasteiger partial charge in [-0.15, -0.1) is 22.7 Å². The van der Waals surface area contributed by atoms with E-state index in [1.807, 2.05) is 24.4 Å². The second-order valence-electron chi connectivity index (χ2n) is 4.33. The SMILES string of the molecule is Cc1cnc(CNCc2csc(-c3ccccn3)n2)s1. The Morgan fingerprint density at radius 1 is 1.20 bits per heavy atom. The standard InChI is InChI=1S/C14H14N4S2/c1-10-6-17-13(20-10)8-15-7-11-9-19-14(18-11)12-4-2-3-5-16-12/h2-6,9,15H,7-8H2,1H3. The van der Waals surface area contributed by atoms with Gasteiger partial charge < -0.3 is 5.32 Å². The van der Waals surface area contributed by atoms with Crippen LogP contribution in [0.1, 0.15) is 15.6 Å². The molecular formula is C14H14N4S2. The zero-order valence-corrected chi connectivity index (χ0v) is 12.7. The quantitative estimate of drug-likeness (QED) is 0.786.